The molecular formula is C23H30N4O5S. The second kappa shape index (κ2) is 11.3. The highest BCUT2D eigenvalue weighted by molar-refractivity contribution is 7.18. The number of ether oxygens (including phenoxy) is 2. The first-order valence-electron chi connectivity index (χ1n) is 10.8. The second-order valence-electron chi connectivity index (χ2n) is 7.80. The van der Waals surface area contributed by atoms with Crippen LogP contribution < -0.4 is 15.8 Å². The summed E-state index contributed by atoms with van der Waals surface area (Å²) in [7, 11) is 1.66. The molecule has 1 saturated heterocycles. The van der Waals surface area contributed by atoms with Gasteiger partial charge in [-0.2, -0.15) is 0 Å². The first kappa shape index (κ1) is 24.7. The van der Waals surface area contributed by atoms with Crippen LogP contribution in [0.25, 0.3) is 0 Å². The van der Waals surface area contributed by atoms with Crippen molar-refractivity contribution in [3.05, 3.63) is 45.8 Å². The first-order valence-corrected chi connectivity index (χ1v) is 11.6. The van der Waals surface area contributed by atoms with Crippen LogP contribution in [0, 0.1) is 6.92 Å². The van der Waals surface area contributed by atoms with E-state index in [0.717, 1.165) is 49.8 Å². The Morgan fingerprint density at radius 3 is 2.48 bits per heavy atom. The van der Waals surface area contributed by atoms with Gasteiger partial charge in [-0.1, -0.05) is 12.1 Å². The lowest BCUT2D eigenvalue weighted by atomic mass is 10.1. The molecule has 0 aliphatic carbocycles. The Hall–Kier alpha value is -2.95. The fraction of sp³-hybridized carbons (Fsp3) is 0.435. The molecule has 3 N–H and O–H groups in total. The SMILES string of the molecule is CCOC(=O)c1c(NC(=O)CN2CCN(Cc3cccc(OC)c3)CC2)sc(C(N)=O)c1C. The number of carbonyl (C=O) groups excluding carboxylic acids is 3. The van der Waals surface area contributed by atoms with Crippen molar-refractivity contribution >= 4 is 34.1 Å². The van der Waals surface area contributed by atoms with Crippen molar-refractivity contribution in [1.29, 1.82) is 0 Å². The number of primary amides is 1. The summed E-state index contributed by atoms with van der Waals surface area (Å²) in [6, 6.07) is 8.02. The number of nitrogens with two attached hydrogens (primary N) is 1. The van der Waals surface area contributed by atoms with Gasteiger partial charge >= 0.3 is 5.97 Å². The summed E-state index contributed by atoms with van der Waals surface area (Å²) in [5.41, 5.74) is 7.22. The topological polar surface area (TPSA) is 114 Å². The van der Waals surface area contributed by atoms with Gasteiger partial charge in [0.2, 0.25) is 5.91 Å². The quantitative estimate of drug-likeness (QED) is 0.535. The molecule has 0 radical (unpaired) electrons. The summed E-state index contributed by atoms with van der Waals surface area (Å²) >= 11 is 0.999. The molecule has 9 nitrogen and oxygen atoms in total. The number of benzene rings is 1. The molecule has 2 heterocycles. The number of methoxy groups -OCH3 is 1. The van der Waals surface area contributed by atoms with E-state index < -0.39 is 11.9 Å². The van der Waals surface area contributed by atoms with Crippen LogP contribution in [0.15, 0.2) is 24.3 Å². The van der Waals surface area contributed by atoms with Gasteiger partial charge in [-0.15, -0.1) is 11.3 Å². The normalized spacial score (nSPS) is 14.6. The van der Waals surface area contributed by atoms with E-state index in [1.54, 1.807) is 21.0 Å². The average Bonchev–Trinajstić information content (AvgIpc) is 3.11. The minimum Gasteiger partial charge on any atom is -0.497 e. The summed E-state index contributed by atoms with van der Waals surface area (Å²) in [6.45, 7) is 7.69. The molecule has 1 aliphatic heterocycles. The Labute approximate surface area is 197 Å². The number of amides is 2. The predicted octanol–water partition coefficient (Wildman–Crippen LogP) is 2.10. The molecular weight excluding hydrogens is 444 g/mol. The Morgan fingerprint density at radius 1 is 1.15 bits per heavy atom. The molecule has 0 spiro atoms. The molecule has 0 unspecified atom stereocenters. The third kappa shape index (κ3) is 6.31. The van der Waals surface area contributed by atoms with Gasteiger partial charge in [0.15, 0.2) is 0 Å². The largest absolute Gasteiger partial charge is 0.497 e. The monoisotopic (exact) mass is 474 g/mol. The molecule has 33 heavy (non-hydrogen) atoms. The highest BCUT2D eigenvalue weighted by Gasteiger charge is 2.26. The predicted molar refractivity (Wildman–Crippen MR) is 127 cm³/mol. The van der Waals surface area contributed by atoms with Crippen molar-refractivity contribution in [2.75, 3.05) is 51.8 Å². The molecule has 3 rings (SSSR count). The second-order valence-corrected chi connectivity index (χ2v) is 8.82. The number of anilines is 1. The molecule has 2 amide bonds. The number of carbonyl (C=O) groups is 3. The van der Waals surface area contributed by atoms with Crippen LogP contribution in [-0.4, -0.2) is 74.0 Å². The average molecular weight is 475 g/mol. The molecule has 10 heteroatoms. The maximum atomic E-state index is 12.7. The minimum atomic E-state index is -0.643. The van der Waals surface area contributed by atoms with Gasteiger partial charge in [-0.25, -0.2) is 4.79 Å². The van der Waals surface area contributed by atoms with Crippen molar-refractivity contribution in [3.63, 3.8) is 0 Å². The molecule has 1 aromatic heterocycles. The summed E-state index contributed by atoms with van der Waals surface area (Å²) in [4.78, 5) is 41.4. The molecule has 1 aliphatic rings. The molecule has 1 aromatic carbocycles. The van der Waals surface area contributed by atoms with Gasteiger partial charge < -0.3 is 20.5 Å². The number of esters is 1. The maximum Gasteiger partial charge on any atom is 0.341 e. The summed E-state index contributed by atoms with van der Waals surface area (Å²) < 4.78 is 10.4. The summed E-state index contributed by atoms with van der Waals surface area (Å²) in [5.74, 6) is -0.636. The smallest absolute Gasteiger partial charge is 0.341 e. The highest BCUT2D eigenvalue weighted by Crippen LogP contribution is 2.33. The summed E-state index contributed by atoms with van der Waals surface area (Å²) in [6.07, 6.45) is 0. The van der Waals surface area contributed by atoms with Crippen molar-refractivity contribution in [1.82, 2.24) is 9.80 Å². The van der Waals surface area contributed by atoms with Gasteiger partial charge in [0.25, 0.3) is 5.91 Å². The van der Waals surface area contributed by atoms with Gasteiger partial charge in [0.05, 0.1) is 30.7 Å². The van der Waals surface area contributed by atoms with Crippen LogP contribution in [0.1, 0.15) is 38.1 Å². The zero-order chi connectivity index (χ0) is 24.0. The lowest BCUT2D eigenvalue weighted by Crippen LogP contribution is -2.48. The van der Waals surface area contributed by atoms with E-state index in [9.17, 15) is 14.4 Å². The first-order chi connectivity index (χ1) is 15.8. The number of piperazine rings is 1. The summed E-state index contributed by atoms with van der Waals surface area (Å²) in [5, 5.41) is 3.07. The Balaban J connectivity index is 1.57. The molecule has 0 saturated carbocycles. The van der Waals surface area contributed by atoms with E-state index in [2.05, 4.69) is 21.2 Å². The molecule has 0 atom stereocenters. The number of nitrogens with zero attached hydrogens (tertiary/aromatic N) is 2. The van der Waals surface area contributed by atoms with Crippen LogP contribution in [0.2, 0.25) is 0 Å². The standard InChI is InChI=1S/C23H30N4O5S/c1-4-32-23(30)19-15(2)20(21(24)29)33-22(19)25-18(28)14-27-10-8-26(9-11-27)13-16-6-5-7-17(12-16)31-3/h5-7,12H,4,8-11,13-14H2,1-3H3,(H2,24,29)(H,25,28). The van der Waals surface area contributed by atoms with Gasteiger partial charge in [-0.3, -0.25) is 19.4 Å². The van der Waals surface area contributed by atoms with Crippen molar-refractivity contribution in [3.8, 4) is 5.75 Å². The van der Waals surface area contributed by atoms with Crippen LogP contribution in [0.5, 0.6) is 5.75 Å². The van der Waals surface area contributed by atoms with Gasteiger partial charge in [0, 0.05) is 32.7 Å². The van der Waals surface area contributed by atoms with Crippen molar-refractivity contribution in [2.45, 2.75) is 20.4 Å². The van der Waals surface area contributed by atoms with Gasteiger partial charge in [-0.05, 0) is 37.1 Å². The highest BCUT2D eigenvalue weighted by atomic mass is 32.1. The zero-order valence-corrected chi connectivity index (χ0v) is 20.0. The van der Waals surface area contributed by atoms with Crippen LogP contribution >= 0.6 is 11.3 Å². The lowest BCUT2D eigenvalue weighted by molar-refractivity contribution is -0.117. The third-order valence-electron chi connectivity index (χ3n) is 5.48. The van der Waals surface area contributed by atoms with E-state index in [-0.39, 0.29) is 29.5 Å². The van der Waals surface area contributed by atoms with E-state index >= 15 is 0 Å². The van der Waals surface area contributed by atoms with E-state index in [1.165, 1.54) is 5.56 Å². The molecule has 2 aromatic rings. The number of hydrogen-bond acceptors (Lipinski definition) is 8. The third-order valence-corrected chi connectivity index (χ3v) is 6.70. The fourth-order valence-electron chi connectivity index (χ4n) is 3.79. The van der Waals surface area contributed by atoms with E-state index in [0.29, 0.717) is 10.6 Å². The number of thiophene rings is 1. The van der Waals surface area contributed by atoms with Crippen LogP contribution in [-0.2, 0) is 16.1 Å². The molecule has 0 bridgehead atoms. The maximum absolute atomic E-state index is 12.7. The van der Waals surface area contributed by atoms with Crippen LogP contribution in [0.3, 0.4) is 0 Å². The van der Waals surface area contributed by atoms with Gasteiger partial charge in [0.1, 0.15) is 10.8 Å². The lowest BCUT2D eigenvalue weighted by Gasteiger charge is -2.34. The Kier molecular flexibility index (Phi) is 8.43. The van der Waals surface area contributed by atoms with Crippen LogP contribution in [0.4, 0.5) is 5.00 Å². The van der Waals surface area contributed by atoms with E-state index in [4.69, 9.17) is 15.2 Å². The molecule has 1 fully saturated rings. The van der Waals surface area contributed by atoms with Crippen molar-refractivity contribution in [2.24, 2.45) is 5.73 Å². The number of rotatable bonds is 9. The number of hydrogen-bond donors (Lipinski definition) is 2. The minimum absolute atomic E-state index is 0.187. The fourth-order valence-corrected chi connectivity index (χ4v) is 4.85. The van der Waals surface area contributed by atoms with Crippen molar-refractivity contribution < 1.29 is 23.9 Å². The number of nitrogens with one attached hydrogen (secondary N) is 1. The van der Waals surface area contributed by atoms with E-state index in [1.807, 2.05) is 18.2 Å². The zero-order valence-electron chi connectivity index (χ0n) is 19.2. The Bertz CT molecular complexity index is 1010. The Morgan fingerprint density at radius 2 is 1.85 bits per heavy atom. The molecule has 178 valence electrons.